The Kier molecular flexibility index (Phi) is 9.63. The number of imidazole rings is 1. The van der Waals surface area contributed by atoms with Crippen LogP contribution in [0.1, 0.15) is 68.3 Å². The molecule has 1 aliphatic carbocycles. The summed E-state index contributed by atoms with van der Waals surface area (Å²) in [5, 5.41) is 9.88. The Morgan fingerprint density at radius 2 is 1.89 bits per heavy atom. The molecule has 0 saturated heterocycles. The summed E-state index contributed by atoms with van der Waals surface area (Å²) in [5.74, 6) is 0.983. The molecule has 38 heavy (non-hydrogen) atoms. The predicted molar refractivity (Wildman–Crippen MR) is 152 cm³/mol. The topological polar surface area (TPSA) is 97.3 Å². The average Bonchev–Trinajstić information content (AvgIpc) is 3.25. The molecule has 1 heterocycles. The number of benzene rings is 2. The van der Waals surface area contributed by atoms with E-state index in [1.165, 1.54) is 32.1 Å². The molecule has 1 fully saturated rings. The van der Waals surface area contributed by atoms with Gasteiger partial charge in [-0.05, 0) is 68.0 Å². The number of hydrogen-bond donors (Lipinski definition) is 3. The highest BCUT2D eigenvalue weighted by atomic mass is 35.5. The number of ether oxygens (including phenoxy) is 1. The second-order valence-electron chi connectivity index (χ2n) is 9.92. The number of fused-ring (bicyclic) bond motifs is 1. The first-order chi connectivity index (χ1) is 18.4. The number of aryl methyl sites for hydroxylation is 1. The molecule has 2 amide bonds. The molecule has 3 aromatic rings. The van der Waals surface area contributed by atoms with Crippen LogP contribution in [0.3, 0.4) is 0 Å². The van der Waals surface area contributed by atoms with E-state index < -0.39 is 6.10 Å². The van der Waals surface area contributed by atoms with Gasteiger partial charge in [0.15, 0.2) is 0 Å². The zero-order chi connectivity index (χ0) is 27.1. The number of anilines is 2. The molecule has 0 spiro atoms. The molecule has 0 aliphatic heterocycles. The molecule has 0 bridgehead atoms. The molecule has 204 valence electrons. The zero-order valence-electron chi connectivity index (χ0n) is 22.5. The van der Waals surface area contributed by atoms with Crippen molar-refractivity contribution in [3.63, 3.8) is 0 Å². The lowest BCUT2D eigenvalue weighted by molar-refractivity contribution is -0.132. The van der Waals surface area contributed by atoms with Gasteiger partial charge in [0.2, 0.25) is 11.9 Å². The molecular formula is C29H38ClN5O3. The lowest BCUT2D eigenvalue weighted by atomic mass is 9.89. The number of aromatic nitrogens is 2. The molecule has 2 aromatic carbocycles. The van der Waals surface area contributed by atoms with Crippen molar-refractivity contribution in [2.75, 3.05) is 18.5 Å². The highest BCUT2D eigenvalue weighted by Gasteiger charge is 2.18. The predicted octanol–water partition coefficient (Wildman–Crippen LogP) is 5.71. The summed E-state index contributed by atoms with van der Waals surface area (Å²) < 4.78 is 7.42. The monoisotopic (exact) mass is 539 g/mol. The van der Waals surface area contributed by atoms with E-state index in [1.807, 2.05) is 55.8 Å². The molecule has 1 saturated carbocycles. The first kappa shape index (κ1) is 27.9. The molecule has 1 aliphatic rings. The lowest BCUT2D eigenvalue weighted by Crippen LogP contribution is -2.35. The number of hydrogen-bond acceptors (Lipinski definition) is 5. The molecule has 0 radical (unpaired) electrons. The summed E-state index contributed by atoms with van der Waals surface area (Å²) in [6, 6.07) is 11.1. The first-order valence-corrected chi connectivity index (χ1v) is 14.0. The summed E-state index contributed by atoms with van der Waals surface area (Å²) in [6.45, 7) is 5.38. The Hall–Kier alpha value is -3.10. The highest BCUT2D eigenvalue weighted by Crippen LogP contribution is 2.28. The normalized spacial score (nSPS) is 14.8. The van der Waals surface area contributed by atoms with Crippen LogP contribution in [0.15, 0.2) is 36.4 Å². The zero-order valence-corrected chi connectivity index (χ0v) is 23.2. The third-order valence-corrected chi connectivity index (χ3v) is 7.52. The van der Waals surface area contributed by atoms with Crippen molar-refractivity contribution >= 4 is 46.1 Å². The van der Waals surface area contributed by atoms with Crippen LogP contribution in [0.25, 0.3) is 11.0 Å². The number of halogens is 1. The van der Waals surface area contributed by atoms with Gasteiger partial charge >= 0.3 is 0 Å². The van der Waals surface area contributed by atoms with E-state index in [0.717, 1.165) is 23.1 Å². The Labute approximate surface area is 229 Å². The van der Waals surface area contributed by atoms with Gasteiger partial charge in [0.1, 0.15) is 6.10 Å². The SMILES string of the molecule is CCOC(CC)C(=O)NCc1ccc(Cl)c(Nc2nc3cc(C(=O)NCC4CCCCC4)ccc3n2C)c1. The minimum atomic E-state index is -0.455. The van der Waals surface area contributed by atoms with E-state index in [9.17, 15) is 9.59 Å². The molecular weight excluding hydrogens is 502 g/mol. The van der Waals surface area contributed by atoms with Gasteiger partial charge in [-0.15, -0.1) is 0 Å². The number of amides is 2. The molecule has 9 heteroatoms. The summed E-state index contributed by atoms with van der Waals surface area (Å²) in [6.07, 6.45) is 6.36. The number of carbonyl (C=O) groups is 2. The van der Waals surface area contributed by atoms with Crippen LogP contribution >= 0.6 is 11.6 Å². The van der Waals surface area contributed by atoms with Crippen LogP contribution in [-0.2, 0) is 23.1 Å². The van der Waals surface area contributed by atoms with Crippen molar-refractivity contribution in [1.29, 1.82) is 0 Å². The van der Waals surface area contributed by atoms with Crippen LogP contribution < -0.4 is 16.0 Å². The van der Waals surface area contributed by atoms with E-state index in [0.29, 0.717) is 47.7 Å². The van der Waals surface area contributed by atoms with Gasteiger partial charge in [-0.25, -0.2) is 4.98 Å². The van der Waals surface area contributed by atoms with Gasteiger partial charge in [-0.3, -0.25) is 9.59 Å². The van der Waals surface area contributed by atoms with Gasteiger partial charge in [0, 0.05) is 32.3 Å². The maximum atomic E-state index is 12.8. The minimum absolute atomic E-state index is 0.0647. The lowest BCUT2D eigenvalue weighted by Gasteiger charge is -2.21. The Morgan fingerprint density at radius 3 is 2.63 bits per heavy atom. The average molecular weight is 540 g/mol. The fourth-order valence-electron chi connectivity index (χ4n) is 4.96. The van der Waals surface area contributed by atoms with E-state index in [4.69, 9.17) is 21.3 Å². The van der Waals surface area contributed by atoms with Crippen molar-refractivity contribution in [1.82, 2.24) is 20.2 Å². The van der Waals surface area contributed by atoms with E-state index in [-0.39, 0.29) is 11.8 Å². The molecule has 1 atom stereocenters. The quantitative estimate of drug-likeness (QED) is 0.290. The van der Waals surface area contributed by atoms with Crippen molar-refractivity contribution < 1.29 is 14.3 Å². The molecule has 3 N–H and O–H groups in total. The fourth-order valence-corrected chi connectivity index (χ4v) is 5.13. The maximum absolute atomic E-state index is 12.8. The van der Waals surface area contributed by atoms with Crippen LogP contribution in [0.2, 0.25) is 5.02 Å². The van der Waals surface area contributed by atoms with Gasteiger partial charge in [-0.2, -0.15) is 0 Å². The van der Waals surface area contributed by atoms with Crippen molar-refractivity contribution in [3.8, 4) is 0 Å². The third-order valence-electron chi connectivity index (χ3n) is 7.19. The summed E-state index contributed by atoms with van der Waals surface area (Å²) in [5.41, 5.74) is 3.80. The van der Waals surface area contributed by atoms with Gasteiger partial charge in [0.05, 0.1) is 21.7 Å². The Morgan fingerprint density at radius 1 is 1.11 bits per heavy atom. The van der Waals surface area contributed by atoms with Crippen LogP contribution in [0.4, 0.5) is 11.6 Å². The first-order valence-electron chi connectivity index (χ1n) is 13.6. The van der Waals surface area contributed by atoms with Crippen LogP contribution in [-0.4, -0.2) is 40.6 Å². The second kappa shape index (κ2) is 13.1. The number of carbonyl (C=O) groups excluding carboxylic acids is 2. The van der Waals surface area contributed by atoms with Crippen molar-refractivity contribution in [2.45, 2.75) is 65.0 Å². The summed E-state index contributed by atoms with van der Waals surface area (Å²) in [4.78, 5) is 29.9. The van der Waals surface area contributed by atoms with Gasteiger partial charge < -0.3 is 25.3 Å². The number of rotatable bonds is 11. The molecule has 1 aromatic heterocycles. The van der Waals surface area contributed by atoms with Crippen molar-refractivity contribution in [3.05, 3.63) is 52.5 Å². The fraction of sp³-hybridized carbons (Fsp3) is 0.483. The highest BCUT2D eigenvalue weighted by molar-refractivity contribution is 6.33. The Balaban J connectivity index is 1.44. The van der Waals surface area contributed by atoms with Crippen LogP contribution in [0, 0.1) is 5.92 Å². The number of nitrogens with zero attached hydrogens (tertiary/aromatic N) is 2. The molecule has 8 nitrogen and oxygen atoms in total. The smallest absolute Gasteiger partial charge is 0.251 e. The third kappa shape index (κ3) is 6.85. The maximum Gasteiger partial charge on any atom is 0.251 e. The van der Waals surface area contributed by atoms with E-state index >= 15 is 0 Å². The standard InChI is InChI=1S/C29H38ClN5O3/c1-4-26(38-5-2)28(37)32-18-20-11-13-22(30)23(15-20)33-29-34-24-16-21(12-14-25(24)35(29)3)27(36)31-17-19-9-7-6-8-10-19/h11-16,19,26H,4-10,17-18H2,1-3H3,(H,31,36)(H,32,37)(H,33,34). The van der Waals surface area contributed by atoms with Crippen molar-refractivity contribution in [2.24, 2.45) is 13.0 Å². The van der Waals surface area contributed by atoms with Crippen LogP contribution in [0.5, 0.6) is 0 Å². The molecule has 1 unspecified atom stereocenters. The van der Waals surface area contributed by atoms with E-state index in [1.54, 1.807) is 6.07 Å². The Bertz CT molecular complexity index is 1270. The van der Waals surface area contributed by atoms with Gasteiger partial charge in [0.25, 0.3) is 5.91 Å². The largest absolute Gasteiger partial charge is 0.369 e. The van der Waals surface area contributed by atoms with E-state index in [2.05, 4.69) is 16.0 Å². The summed E-state index contributed by atoms with van der Waals surface area (Å²) in [7, 11) is 1.91. The number of nitrogens with one attached hydrogen (secondary N) is 3. The minimum Gasteiger partial charge on any atom is -0.369 e. The second-order valence-corrected chi connectivity index (χ2v) is 10.3. The molecule has 4 rings (SSSR count). The van der Waals surface area contributed by atoms with Gasteiger partial charge in [-0.1, -0.05) is 43.9 Å². The summed E-state index contributed by atoms with van der Waals surface area (Å²) >= 11 is 6.48.